The van der Waals surface area contributed by atoms with Crippen LogP contribution in [-0.2, 0) is 30.8 Å². The molecule has 1 saturated heterocycles. The van der Waals surface area contributed by atoms with E-state index in [0.29, 0.717) is 17.7 Å². The van der Waals surface area contributed by atoms with Crippen molar-refractivity contribution in [3.63, 3.8) is 0 Å². The minimum absolute atomic E-state index is 0.0732. The van der Waals surface area contributed by atoms with Gasteiger partial charge in [0.15, 0.2) is 0 Å². The van der Waals surface area contributed by atoms with Gasteiger partial charge in [-0.05, 0) is 57.4 Å². The maximum Gasteiger partial charge on any atom is 0.414 e. The average molecular weight is 548 g/mol. The van der Waals surface area contributed by atoms with E-state index in [1.54, 1.807) is 59.1 Å². The van der Waals surface area contributed by atoms with Crippen molar-refractivity contribution in [2.75, 3.05) is 20.6 Å². The highest BCUT2D eigenvalue weighted by Gasteiger charge is 2.42. The largest absolute Gasteiger partial charge is 0.458 e. The first kappa shape index (κ1) is 29.0. The number of sulfonamides is 1. The zero-order valence-electron chi connectivity index (χ0n) is 22.1. The molecule has 1 fully saturated rings. The number of esters is 1. The van der Waals surface area contributed by atoms with E-state index in [2.05, 4.69) is 15.3 Å². The molecule has 206 valence electrons. The van der Waals surface area contributed by atoms with Gasteiger partial charge in [0.05, 0.1) is 0 Å². The van der Waals surface area contributed by atoms with Gasteiger partial charge < -0.3 is 19.7 Å². The van der Waals surface area contributed by atoms with Crippen LogP contribution >= 0.6 is 0 Å². The van der Waals surface area contributed by atoms with E-state index < -0.39 is 50.8 Å². The Bertz CT molecular complexity index is 1250. The number of ether oxygens (including phenoxy) is 2. The molecule has 0 spiro atoms. The topological polar surface area (TPSA) is 148 Å². The van der Waals surface area contributed by atoms with Gasteiger partial charge in [0, 0.05) is 39.5 Å². The summed E-state index contributed by atoms with van der Waals surface area (Å²) in [6.07, 6.45) is 2.92. The molecule has 0 radical (unpaired) electrons. The molecule has 0 saturated carbocycles. The molecule has 2 amide bonds. The highest BCUT2D eigenvalue weighted by molar-refractivity contribution is 7.89. The molecular weight excluding hydrogens is 514 g/mol. The molecule has 0 bridgehead atoms. The van der Waals surface area contributed by atoms with Gasteiger partial charge in [-0.15, -0.1) is 0 Å². The number of benzene rings is 1. The normalized spacial score (nSPS) is 16.9. The Morgan fingerprint density at radius 3 is 2.34 bits per heavy atom. The predicted octanol–water partition coefficient (Wildman–Crippen LogP) is 1.76. The molecule has 0 unspecified atom stereocenters. The fraction of sp³-hybridized carbons (Fsp3) is 0.480. The van der Waals surface area contributed by atoms with Crippen LogP contribution in [0.2, 0.25) is 0 Å². The molecule has 1 aromatic heterocycles. The molecule has 2 aromatic rings. The molecular formula is C25H33N5O7S. The molecule has 13 heteroatoms. The Morgan fingerprint density at radius 2 is 1.76 bits per heavy atom. The van der Waals surface area contributed by atoms with Gasteiger partial charge in [-0.1, -0.05) is 12.1 Å². The zero-order valence-corrected chi connectivity index (χ0v) is 22.9. The molecule has 2 atom stereocenters. The van der Waals surface area contributed by atoms with Crippen molar-refractivity contribution in [3.05, 3.63) is 48.3 Å². The molecule has 0 aliphatic carbocycles. The number of nitrogens with one attached hydrogen (secondary N) is 1. The second-order valence-electron chi connectivity index (χ2n) is 10.0. The summed E-state index contributed by atoms with van der Waals surface area (Å²) in [7, 11) is -0.981. The van der Waals surface area contributed by atoms with Crippen LogP contribution in [0.4, 0.5) is 4.79 Å². The van der Waals surface area contributed by atoms with Crippen molar-refractivity contribution in [2.45, 2.75) is 62.9 Å². The van der Waals surface area contributed by atoms with Crippen molar-refractivity contribution < 1.29 is 32.3 Å². The second kappa shape index (κ2) is 11.9. The number of carbonyl (C=O) groups is 3. The fourth-order valence-electron chi connectivity index (χ4n) is 3.77. The van der Waals surface area contributed by atoms with Crippen molar-refractivity contribution in [1.82, 2.24) is 24.5 Å². The molecule has 1 aromatic carbocycles. The van der Waals surface area contributed by atoms with E-state index in [0.717, 1.165) is 4.31 Å². The lowest BCUT2D eigenvalue weighted by Gasteiger charge is -2.27. The number of aromatic nitrogens is 2. The lowest BCUT2D eigenvalue weighted by atomic mass is 10.0. The maximum atomic E-state index is 13.3. The summed E-state index contributed by atoms with van der Waals surface area (Å²) in [6.45, 7) is 5.26. The van der Waals surface area contributed by atoms with Gasteiger partial charge >= 0.3 is 12.1 Å². The summed E-state index contributed by atoms with van der Waals surface area (Å²) in [5.74, 6) is -0.956. The zero-order chi connectivity index (χ0) is 28.1. The number of hydrogen-bond acceptors (Lipinski definition) is 9. The molecule has 12 nitrogen and oxygen atoms in total. The van der Waals surface area contributed by atoms with Gasteiger partial charge in [0.1, 0.15) is 23.4 Å². The van der Waals surface area contributed by atoms with Crippen LogP contribution in [0.3, 0.4) is 0 Å². The van der Waals surface area contributed by atoms with Crippen molar-refractivity contribution in [1.29, 1.82) is 0 Å². The van der Waals surface area contributed by atoms with Gasteiger partial charge in [-0.2, -0.15) is 4.31 Å². The van der Waals surface area contributed by atoms with E-state index in [-0.39, 0.29) is 19.4 Å². The first-order valence-corrected chi connectivity index (χ1v) is 13.5. The minimum atomic E-state index is -4.11. The van der Waals surface area contributed by atoms with Crippen LogP contribution in [0.1, 0.15) is 39.2 Å². The summed E-state index contributed by atoms with van der Waals surface area (Å²) in [5.41, 5.74) is -0.142. The fourth-order valence-corrected chi connectivity index (χ4v) is 5.27. The standard InChI is InChI=1S/C25H33N5O7S/c1-25(2,3)37-22(32)19(16-17-9-11-18(12-10-17)36-24(33)29(4)5)28-21(31)20-8-6-15-30(20)38(34,35)23-26-13-7-14-27-23/h7,9-14,19-20H,6,8,15-16H2,1-5H3,(H,28,31)/t19-,20-/m0/s1. The van der Waals surface area contributed by atoms with Gasteiger partial charge in [-0.25, -0.2) is 28.0 Å². The highest BCUT2D eigenvalue weighted by atomic mass is 32.2. The van der Waals surface area contributed by atoms with Crippen molar-refractivity contribution in [3.8, 4) is 5.75 Å². The SMILES string of the molecule is CN(C)C(=O)Oc1ccc(C[C@H](NC(=O)[C@@H]2CCCN2S(=O)(=O)c2ncccn2)C(=O)OC(C)(C)C)cc1. The van der Waals surface area contributed by atoms with E-state index in [4.69, 9.17) is 9.47 Å². The third-order valence-corrected chi connectivity index (χ3v) is 7.26. The van der Waals surface area contributed by atoms with Crippen LogP contribution in [0.5, 0.6) is 5.75 Å². The number of rotatable bonds is 8. The molecule has 3 rings (SSSR count). The molecule has 2 heterocycles. The van der Waals surface area contributed by atoms with Crippen LogP contribution in [-0.4, -0.2) is 83.9 Å². The summed E-state index contributed by atoms with van der Waals surface area (Å²) in [4.78, 5) is 47.1. The summed E-state index contributed by atoms with van der Waals surface area (Å²) in [6, 6.07) is 5.88. The van der Waals surface area contributed by atoms with Crippen molar-refractivity contribution in [2.24, 2.45) is 0 Å². The average Bonchev–Trinajstić information content (AvgIpc) is 3.35. The van der Waals surface area contributed by atoms with E-state index in [1.807, 2.05) is 0 Å². The Balaban J connectivity index is 1.79. The number of carbonyl (C=O) groups excluding carboxylic acids is 3. The van der Waals surface area contributed by atoms with E-state index in [1.165, 1.54) is 23.4 Å². The lowest BCUT2D eigenvalue weighted by molar-refractivity contribution is -0.158. The van der Waals surface area contributed by atoms with Gasteiger partial charge in [0.25, 0.3) is 15.2 Å². The quantitative estimate of drug-likeness (QED) is 0.385. The second-order valence-corrected chi connectivity index (χ2v) is 11.8. The minimum Gasteiger partial charge on any atom is -0.458 e. The Morgan fingerprint density at radius 1 is 1.13 bits per heavy atom. The van der Waals surface area contributed by atoms with Crippen LogP contribution in [0.25, 0.3) is 0 Å². The van der Waals surface area contributed by atoms with Crippen molar-refractivity contribution >= 4 is 28.0 Å². The smallest absolute Gasteiger partial charge is 0.414 e. The van der Waals surface area contributed by atoms with Crippen LogP contribution in [0, 0.1) is 0 Å². The summed E-state index contributed by atoms with van der Waals surface area (Å²) in [5, 5.41) is 2.30. The lowest BCUT2D eigenvalue weighted by Crippen LogP contribution is -2.52. The van der Waals surface area contributed by atoms with Crippen LogP contribution < -0.4 is 10.1 Å². The Labute approximate surface area is 222 Å². The Hall–Kier alpha value is -3.58. The number of hydrogen-bond donors (Lipinski definition) is 1. The monoisotopic (exact) mass is 547 g/mol. The Kier molecular flexibility index (Phi) is 9.05. The first-order valence-electron chi connectivity index (χ1n) is 12.1. The van der Waals surface area contributed by atoms with E-state index in [9.17, 15) is 22.8 Å². The van der Waals surface area contributed by atoms with Gasteiger partial charge in [-0.3, -0.25) is 4.79 Å². The van der Waals surface area contributed by atoms with Gasteiger partial charge in [0.2, 0.25) is 5.91 Å². The summed E-state index contributed by atoms with van der Waals surface area (Å²) >= 11 is 0. The number of nitrogens with zero attached hydrogens (tertiary/aromatic N) is 4. The number of amides is 2. The molecule has 1 N–H and O–H groups in total. The third kappa shape index (κ3) is 7.48. The maximum absolute atomic E-state index is 13.3. The highest BCUT2D eigenvalue weighted by Crippen LogP contribution is 2.25. The molecule has 1 aliphatic heterocycles. The molecule has 38 heavy (non-hydrogen) atoms. The van der Waals surface area contributed by atoms with E-state index >= 15 is 0 Å². The predicted molar refractivity (Wildman–Crippen MR) is 137 cm³/mol. The van der Waals surface area contributed by atoms with Crippen LogP contribution in [0.15, 0.2) is 47.9 Å². The molecule has 1 aliphatic rings. The summed E-state index contributed by atoms with van der Waals surface area (Å²) < 4.78 is 38.0. The third-order valence-electron chi connectivity index (χ3n) is 5.53. The first-order chi connectivity index (χ1) is 17.8.